The molecule has 2 saturated carbocycles. The van der Waals surface area contributed by atoms with E-state index >= 15 is 0 Å². The van der Waals surface area contributed by atoms with Gasteiger partial charge in [-0.05, 0) is 65.0 Å². The van der Waals surface area contributed by atoms with E-state index in [0.29, 0.717) is 31.3 Å². The van der Waals surface area contributed by atoms with Gasteiger partial charge in [-0.15, -0.1) is 0 Å². The summed E-state index contributed by atoms with van der Waals surface area (Å²) in [7, 11) is 3.85. The number of hydrogen-bond acceptors (Lipinski definition) is 5. The number of nitrogens with zero attached hydrogens (tertiary/aromatic N) is 3. The van der Waals surface area contributed by atoms with Crippen LogP contribution in [0.1, 0.15) is 51.9 Å². The molecule has 2 aliphatic heterocycles. The van der Waals surface area contributed by atoms with E-state index < -0.39 is 6.17 Å². The van der Waals surface area contributed by atoms with Crippen molar-refractivity contribution in [2.24, 2.45) is 11.8 Å². The molecule has 7 atom stereocenters. The van der Waals surface area contributed by atoms with Gasteiger partial charge in [0, 0.05) is 50.2 Å². The molecule has 7 nitrogen and oxygen atoms in total. The van der Waals surface area contributed by atoms with Gasteiger partial charge in [0.25, 0.3) is 0 Å². The van der Waals surface area contributed by atoms with Crippen LogP contribution in [0, 0.1) is 11.8 Å². The highest BCUT2D eigenvalue weighted by Crippen LogP contribution is 2.38. The Bertz CT molecular complexity index is 651. The zero-order valence-electron chi connectivity index (χ0n) is 20.1. The minimum absolute atomic E-state index is 0.0138. The van der Waals surface area contributed by atoms with E-state index in [2.05, 4.69) is 22.5 Å². The molecule has 0 spiro atoms. The molecule has 2 amide bonds. The molecular formula is C24H42FN5O2. The number of piperazine rings is 1. The first-order chi connectivity index (χ1) is 15.3. The standard InChI is InChI=1S/C24H42FN5O2/c1-16-7-8-20(25)19-14-21(27-23(16)19)24(32)26-17-5-4-6-18(13-17)29-9-11-30(12-10-29)22(31)15-28(2)3/h16-21,23,27H,4-15H2,1-3H3,(H,26,32)/t16?,17-,18+,19?,20?,21?,23?/m1/s1. The summed E-state index contributed by atoms with van der Waals surface area (Å²) in [6, 6.07) is 0.544. The van der Waals surface area contributed by atoms with E-state index in [4.69, 9.17) is 0 Å². The van der Waals surface area contributed by atoms with Crippen LogP contribution in [0.15, 0.2) is 0 Å². The second-order valence-corrected chi connectivity index (χ2v) is 10.9. The lowest BCUT2D eigenvalue weighted by molar-refractivity contribution is -0.134. The van der Waals surface area contributed by atoms with Gasteiger partial charge in [-0.25, -0.2) is 4.39 Å². The van der Waals surface area contributed by atoms with E-state index in [-0.39, 0.29) is 35.9 Å². The van der Waals surface area contributed by atoms with Crippen LogP contribution in [0.2, 0.25) is 0 Å². The molecule has 4 fully saturated rings. The van der Waals surface area contributed by atoms with E-state index in [9.17, 15) is 14.0 Å². The van der Waals surface area contributed by atoms with Crippen molar-refractivity contribution in [1.82, 2.24) is 25.3 Å². The van der Waals surface area contributed by atoms with Crippen LogP contribution in [0.3, 0.4) is 0 Å². The number of alkyl halides is 1. The Labute approximate surface area is 192 Å². The number of rotatable bonds is 5. The first-order valence-corrected chi connectivity index (χ1v) is 12.7. The Morgan fingerprint density at radius 2 is 1.81 bits per heavy atom. The molecule has 2 N–H and O–H groups in total. The molecule has 0 aromatic rings. The Kier molecular flexibility index (Phi) is 7.73. The number of carbonyl (C=O) groups excluding carboxylic acids is 2. The molecule has 8 heteroatoms. The van der Waals surface area contributed by atoms with Gasteiger partial charge in [-0.1, -0.05) is 6.92 Å². The smallest absolute Gasteiger partial charge is 0.237 e. The average Bonchev–Trinajstić information content (AvgIpc) is 3.23. The third-order valence-electron chi connectivity index (χ3n) is 8.28. The van der Waals surface area contributed by atoms with Crippen molar-refractivity contribution in [2.45, 2.75) is 82.2 Å². The van der Waals surface area contributed by atoms with Crippen LogP contribution in [-0.4, -0.2) is 104 Å². The maximum atomic E-state index is 14.4. The number of halogens is 1. The van der Waals surface area contributed by atoms with Crippen LogP contribution >= 0.6 is 0 Å². The SMILES string of the molecule is CC1CCC(F)C2CC(C(=O)N[C@@H]3CCC[C@H](N4CCN(C(=O)CN(C)C)CC4)C3)NC12. The summed E-state index contributed by atoms with van der Waals surface area (Å²) >= 11 is 0. The molecule has 4 aliphatic rings. The molecule has 2 aliphatic carbocycles. The number of carbonyl (C=O) groups is 2. The van der Waals surface area contributed by atoms with Crippen LogP contribution in [0.5, 0.6) is 0 Å². The number of amides is 2. The first-order valence-electron chi connectivity index (χ1n) is 12.7. The summed E-state index contributed by atoms with van der Waals surface area (Å²) in [5.74, 6) is 0.689. The second-order valence-electron chi connectivity index (χ2n) is 10.9. The predicted molar refractivity (Wildman–Crippen MR) is 123 cm³/mol. The zero-order chi connectivity index (χ0) is 22.8. The predicted octanol–water partition coefficient (Wildman–Crippen LogP) is 1.23. The lowest BCUT2D eigenvalue weighted by atomic mass is 9.77. The summed E-state index contributed by atoms with van der Waals surface area (Å²) < 4.78 is 14.4. The van der Waals surface area contributed by atoms with Crippen LogP contribution in [0.4, 0.5) is 4.39 Å². The average molecular weight is 452 g/mol. The van der Waals surface area contributed by atoms with E-state index in [0.717, 1.165) is 58.3 Å². The summed E-state index contributed by atoms with van der Waals surface area (Å²) in [5, 5.41) is 6.76. The molecule has 0 radical (unpaired) electrons. The Balaban J connectivity index is 1.24. The van der Waals surface area contributed by atoms with Crippen molar-refractivity contribution in [2.75, 3.05) is 46.8 Å². The van der Waals surface area contributed by atoms with Gasteiger partial charge in [-0.3, -0.25) is 14.5 Å². The van der Waals surface area contributed by atoms with E-state index in [1.54, 1.807) is 0 Å². The third-order valence-corrected chi connectivity index (χ3v) is 8.28. The molecule has 2 heterocycles. The molecule has 4 rings (SSSR count). The number of likely N-dealkylation sites (N-methyl/N-ethyl adjacent to an activating group) is 1. The van der Waals surface area contributed by atoms with Gasteiger partial charge in [0.05, 0.1) is 12.6 Å². The largest absolute Gasteiger partial charge is 0.352 e. The quantitative estimate of drug-likeness (QED) is 0.658. The van der Waals surface area contributed by atoms with Gasteiger partial charge >= 0.3 is 0 Å². The van der Waals surface area contributed by atoms with E-state index in [1.165, 1.54) is 0 Å². The summed E-state index contributed by atoms with van der Waals surface area (Å²) in [6.07, 6.45) is 5.65. The highest BCUT2D eigenvalue weighted by molar-refractivity contribution is 5.82. The highest BCUT2D eigenvalue weighted by atomic mass is 19.1. The summed E-state index contributed by atoms with van der Waals surface area (Å²) in [5.41, 5.74) is 0. The van der Waals surface area contributed by atoms with Crippen LogP contribution in [0.25, 0.3) is 0 Å². The van der Waals surface area contributed by atoms with Gasteiger partial charge in [0.1, 0.15) is 6.17 Å². The third kappa shape index (κ3) is 5.45. The van der Waals surface area contributed by atoms with Gasteiger partial charge in [-0.2, -0.15) is 0 Å². The molecule has 32 heavy (non-hydrogen) atoms. The maximum Gasteiger partial charge on any atom is 0.237 e. The fourth-order valence-electron chi connectivity index (χ4n) is 6.44. The minimum atomic E-state index is -0.774. The zero-order valence-corrected chi connectivity index (χ0v) is 20.1. The summed E-state index contributed by atoms with van der Waals surface area (Å²) in [4.78, 5) is 31.7. The monoisotopic (exact) mass is 451 g/mol. The fraction of sp³-hybridized carbons (Fsp3) is 0.917. The molecule has 182 valence electrons. The van der Waals surface area contributed by atoms with Gasteiger partial charge < -0.3 is 20.4 Å². The number of hydrogen-bond donors (Lipinski definition) is 2. The van der Waals surface area contributed by atoms with Crippen molar-refractivity contribution < 1.29 is 14.0 Å². The Morgan fingerprint density at radius 3 is 2.50 bits per heavy atom. The minimum Gasteiger partial charge on any atom is -0.352 e. The molecule has 0 bridgehead atoms. The lowest BCUT2D eigenvalue weighted by Gasteiger charge is -2.42. The van der Waals surface area contributed by atoms with Crippen molar-refractivity contribution in [3.05, 3.63) is 0 Å². The lowest BCUT2D eigenvalue weighted by Crippen LogP contribution is -2.56. The number of nitrogens with one attached hydrogen (secondary N) is 2. The number of fused-ring (bicyclic) bond motifs is 1. The topological polar surface area (TPSA) is 67.9 Å². The van der Waals surface area contributed by atoms with Crippen molar-refractivity contribution in [3.63, 3.8) is 0 Å². The van der Waals surface area contributed by atoms with Gasteiger partial charge in [0.15, 0.2) is 0 Å². The molecule has 5 unspecified atom stereocenters. The van der Waals surface area contributed by atoms with E-state index in [1.807, 2.05) is 23.9 Å². The van der Waals surface area contributed by atoms with Crippen molar-refractivity contribution in [1.29, 1.82) is 0 Å². The Morgan fingerprint density at radius 1 is 1.06 bits per heavy atom. The fourth-order valence-corrected chi connectivity index (χ4v) is 6.44. The maximum absolute atomic E-state index is 14.4. The van der Waals surface area contributed by atoms with Gasteiger partial charge in [0.2, 0.25) is 11.8 Å². The second kappa shape index (κ2) is 10.3. The van der Waals surface area contributed by atoms with Crippen LogP contribution < -0.4 is 10.6 Å². The molecular weight excluding hydrogens is 409 g/mol. The summed E-state index contributed by atoms with van der Waals surface area (Å²) in [6.45, 7) is 6.05. The first kappa shape index (κ1) is 23.9. The molecule has 0 aromatic heterocycles. The Hall–Kier alpha value is -1.25. The normalized spacial score (nSPS) is 38.5. The highest BCUT2D eigenvalue weighted by Gasteiger charge is 2.46. The molecule has 2 saturated heterocycles. The van der Waals surface area contributed by atoms with Crippen molar-refractivity contribution in [3.8, 4) is 0 Å². The van der Waals surface area contributed by atoms with Crippen molar-refractivity contribution >= 4 is 11.8 Å². The molecule has 0 aromatic carbocycles. The van der Waals surface area contributed by atoms with Crippen LogP contribution in [-0.2, 0) is 9.59 Å².